The summed E-state index contributed by atoms with van der Waals surface area (Å²) in [5, 5.41) is 11.6. The predicted octanol–water partition coefficient (Wildman–Crippen LogP) is 2.01. The molecule has 9 heteroatoms. The Morgan fingerprint density at radius 2 is 1.83 bits per heavy atom. The van der Waals surface area contributed by atoms with Crippen LogP contribution in [0.1, 0.15) is 44.1 Å². The van der Waals surface area contributed by atoms with Crippen molar-refractivity contribution in [1.82, 2.24) is 30.0 Å². The summed E-state index contributed by atoms with van der Waals surface area (Å²) in [6, 6.07) is 5.64. The number of hydrogen-bond acceptors (Lipinski definition) is 5. The Kier molecular flexibility index (Phi) is 6.79. The van der Waals surface area contributed by atoms with Gasteiger partial charge in [0.15, 0.2) is 0 Å². The van der Waals surface area contributed by atoms with E-state index in [1.165, 1.54) is 16.8 Å². The minimum Gasteiger partial charge on any atom is -0.343 e. The number of piperidine rings is 1. The van der Waals surface area contributed by atoms with E-state index in [1.807, 2.05) is 20.9 Å². The highest BCUT2D eigenvalue weighted by Crippen LogP contribution is 2.24. The third-order valence-electron chi connectivity index (χ3n) is 5.86. The number of hydrogen-bond donors (Lipinski definition) is 0. The fourth-order valence-corrected chi connectivity index (χ4v) is 3.75. The lowest BCUT2D eigenvalue weighted by Crippen LogP contribution is -2.47. The van der Waals surface area contributed by atoms with Crippen molar-refractivity contribution in [1.29, 1.82) is 0 Å². The Bertz CT molecular complexity index is 874. The summed E-state index contributed by atoms with van der Waals surface area (Å²) in [4.78, 5) is 29.5. The van der Waals surface area contributed by atoms with Gasteiger partial charge in [0, 0.05) is 38.5 Å². The number of rotatable bonds is 6. The highest BCUT2D eigenvalue weighted by molar-refractivity contribution is 5.82. The quantitative estimate of drug-likeness (QED) is 0.719. The molecule has 0 saturated carbocycles. The topological polar surface area (TPSA) is 84.2 Å². The first-order valence-corrected chi connectivity index (χ1v) is 10.3. The molecule has 1 saturated heterocycles. The number of aryl methyl sites for hydroxylation is 1. The van der Waals surface area contributed by atoms with Crippen LogP contribution in [0, 0.1) is 18.7 Å². The molecular weight excluding hydrogens is 387 g/mol. The van der Waals surface area contributed by atoms with Crippen molar-refractivity contribution in [2.75, 3.05) is 20.1 Å². The average Bonchev–Trinajstić information content (AvgIpc) is 3.17. The molecule has 2 aromatic rings. The SMILES string of the molecule is Cc1nnnn1[C@@H](Cc1ccc(F)cc1)C(=O)N1CCC(C(=O)N(C)C(C)C)CC1. The lowest BCUT2D eigenvalue weighted by molar-refractivity contribution is -0.142. The predicted molar refractivity (Wildman–Crippen MR) is 109 cm³/mol. The average molecular weight is 417 g/mol. The summed E-state index contributed by atoms with van der Waals surface area (Å²) in [6.07, 6.45) is 1.64. The van der Waals surface area contributed by atoms with Crippen molar-refractivity contribution < 1.29 is 14.0 Å². The molecule has 1 aliphatic rings. The first-order chi connectivity index (χ1) is 14.3. The highest BCUT2D eigenvalue weighted by Gasteiger charge is 2.34. The van der Waals surface area contributed by atoms with Gasteiger partial charge in [-0.05, 0) is 61.7 Å². The second kappa shape index (κ2) is 9.32. The van der Waals surface area contributed by atoms with Crippen LogP contribution in [-0.4, -0.2) is 68.0 Å². The van der Waals surface area contributed by atoms with E-state index < -0.39 is 6.04 Å². The second-order valence-corrected chi connectivity index (χ2v) is 8.16. The van der Waals surface area contributed by atoms with E-state index in [-0.39, 0.29) is 29.6 Å². The van der Waals surface area contributed by atoms with E-state index in [0.717, 1.165) is 5.56 Å². The number of aromatic nitrogens is 4. The number of carbonyl (C=O) groups excluding carboxylic acids is 2. The van der Waals surface area contributed by atoms with Gasteiger partial charge >= 0.3 is 0 Å². The van der Waals surface area contributed by atoms with Gasteiger partial charge in [0.1, 0.15) is 17.7 Å². The lowest BCUT2D eigenvalue weighted by Gasteiger charge is -2.35. The Balaban J connectivity index is 1.72. The summed E-state index contributed by atoms with van der Waals surface area (Å²) < 4.78 is 14.8. The maximum atomic E-state index is 13.4. The minimum absolute atomic E-state index is 0.0632. The van der Waals surface area contributed by atoms with Crippen LogP contribution in [0.3, 0.4) is 0 Å². The van der Waals surface area contributed by atoms with Gasteiger partial charge in [-0.2, -0.15) is 0 Å². The number of nitrogens with zero attached hydrogens (tertiary/aromatic N) is 6. The van der Waals surface area contributed by atoms with Crippen LogP contribution >= 0.6 is 0 Å². The highest BCUT2D eigenvalue weighted by atomic mass is 19.1. The van der Waals surface area contributed by atoms with Gasteiger partial charge in [-0.15, -0.1) is 5.10 Å². The standard InChI is InChI=1S/C21H29FN6O2/c1-14(2)26(4)20(29)17-9-11-27(12-10-17)21(30)19(28-15(3)23-24-25-28)13-16-5-7-18(22)8-6-16/h5-8,14,17,19H,9-13H2,1-4H3/t19-/m0/s1. The number of likely N-dealkylation sites (tertiary alicyclic amines) is 1. The number of carbonyl (C=O) groups is 2. The number of tetrazole rings is 1. The normalized spacial score (nSPS) is 16.0. The van der Waals surface area contributed by atoms with Crippen LogP contribution in [0.2, 0.25) is 0 Å². The van der Waals surface area contributed by atoms with Crippen molar-refractivity contribution in [3.63, 3.8) is 0 Å². The van der Waals surface area contributed by atoms with E-state index in [2.05, 4.69) is 15.5 Å². The molecule has 1 fully saturated rings. The molecule has 2 amide bonds. The molecule has 1 aromatic heterocycles. The van der Waals surface area contributed by atoms with Crippen molar-refractivity contribution in [3.05, 3.63) is 41.5 Å². The number of amides is 2. The van der Waals surface area contributed by atoms with E-state index in [4.69, 9.17) is 0 Å². The molecule has 2 heterocycles. The Hall–Kier alpha value is -2.84. The van der Waals surface area contributed by atoms with Crippen LogP contribution in [0.4, 0.5) is 4.39 Å². The second-order valence-electron chi connectivity index (χ2n) is 8.16. The molecule has 1 aromatic carbocycles. The van der Waals surface area contributed by atoms with Crippen LogP contribution in [0.5, 0.6) is 0 Å². The van der Waals surface area contributed by atoms with Crippen molar-refractivity contribution in [2.24, 2.45) is 5.92 Å². The molecular formula is C21H29FN6O2. The molecule has 0 unspecified atom stereocenters. The summed E-state index contributed by atoms with van der Waals surface area (Å²) in [6.45, 7) is 6.76. The number of halogens is 1. The zero-order valence-electron chi connectivity index (χ0n) is 18.0. The van der Waals surface area contributed by atoms with Gasteiger partial charge in [-0.1, -0.05) is 12.1 Å². The first-order valence-electron chi connectivity index (χ1n) is 10.3. The Morgan fingerprint density at radius 1 is 1.20 bits per heavy atom. The molecule has 0 radical (unpaired) electrons. The van der Waals surface area contributed by atoms with Gasteiger partial charge in [0.2, 0.25) is 11.8 Å². The van der Waals surface area contributed by atoms with E-state index in [0.29, 0.717) is 38.2 Å². The zero-order chi connectivity index (χ0) is 21.8. The third kappa shape index (κ3) is 4.83. The van der Waals surface area contributed by atoms with Gasteiger partial charge < -0.3 is 9.80 Å². The zero-order valence-corrected chi connectivity index (χ0v) is 18.0. The summed E-state index contributed by atoms with van der Waals surface area (Å²) in [5.74, 6) is 0.207. The molecule has 1 aliphatic heterocycles. The summed E-state index contributed by atoms with van der Waals surface area (Å²) in [7, 11) is 1.82. The summed E-state index contributed by atoms with van der Waals surface area (Å²) >= 11 is 0. The molecule has 162 valence electrons. The molecule has 30 heavy (non-hydrogen) atoms. The van der Waals surface area contributed by atoms with Crippen LogP contribution in [-0.2, 0) is 16.0 Å². The molecule has 3 rings (SSSR count). The van der Waals surface area contributed by atoms with Crippen LogP contribution < -0.4 is 0 Å². The Labute approximate surface area is 176 Å². The van der Waals surface area contributed by atoms with E-state index in [1.54, 1.807) is 28.9 Å². The van der Waals surface area contributed by atoms with Crippen molar-refractivity contribution >= 4 is 11.8 Å². The smallest absolute Gasteiger partial charge is 0.247 e. The monoisotopic (exact) mass is 416 g/mol. The third-order valence-corrected chi connectivity index (χ3v) is 5.86. The largest absolute Gasteiger partial charge is 0.343 e. The fraction of sp³-hybridized carbons (Fsp3) is 0.571. The minimum atomic E-state index is -0.615. The van der Waals surface area contributed by atoms with E-state index >= 15 is 0 Å². The van der Waals surface area contributed by atoms with Crippen LogP contribution in [0.15, 0.2) is 24.3 Å². The van der Waals surface area contributed by atoms with E-state index in [9.17, 15) is 14.0 Å². The first kappa shape index (κ1) is 21.9. The van der Waals surface area contributed by atoms with Gasteiger partial charge in [0.05, 0.1) is 0 Å². The molecule has 0 spiro atoms. The van der Waals surface area contributed by atoms with Crippen molar-refractivity contribution in [3.8, 4) is 0 Å². The number of benzene rings is 1. The Morgan fingerprint density at radius 3 is 2.37 bits per heavy atom. The molecule has 8 nitrogen and oxygen atoms in total. The molecule has 0 N–H and O–H groups in total. The molecule has 0 bridgehead atoms. The van der Waals surface area contributed by atoms with Crippen LogP contribution in [0.25, 0.3) is 0 Å². The maximum absolute atomic E-state index is 13.4. The van der Waals surface area contributed by atoms with Gasteiger partial charge in [-0.25, -0.2) is 9.07 Å². The molecule has 0 aliphatic carbocycles. The molecule has 1 atom stereocenters. The van der Waals surface area contributed by atoms with Crippen molar-refractivity contribution in [2.45, 2.75) is 52.1 Å². The summed E-state index contributed by atoms with van der Waals surface area (Å²) in [5.41, 5.74) is 0.827. The van der Waals surface area contributed by atoms with Gasteiger partial charge in [-0.3, -0.25) is 9.59 Å². The maximum Gasteiger partial charge on any atom is 0.247 e. The fourth-order valence-electron chi connectivity index (χ4n) is 3.75. The lowest BCUT2D eigenvalue weighted by atomic mass is 9.94. The van der Waals surface area contributed by atoms with Gasteiger partial charge in [0.25, 0.3) is 0 Å².